The Morgan fingerprint density at radius 1 is 1.44 bits per heavy atom. The van der Waals surface area contributed by atoms with Crippen molar-refractivity contribution in [3.63, 3.8) is 0 Å². The first kappa shape index (κ1) is 11.6. The first-order valence-electron chi connectivity index (χ1n) is 6.29. The van der Waals surface area contributed by atoms with Crippen molar-refractivity contribution in [3.05, 3.63) is 11.6 Å². The molecule has 0 unspecified atom stereocenters. The van der Waals surface area contributed by atoms with E-state index >= 15 is 0 Å². The van der Waals surface area contributed by atoms with Crippen LogP contribution in [0.25, 0.3) is 0 Å². The Morgan fingerprint density at radius 2 is 2.06 bits per heavy atom. The summed E-state index contributed by atoms with van der Waals surface area (Å²) in [6.45, 7) is 2.00. The van der Waals surface area contributed by atoms with Crippen LogP contribution >= 0.6 is 0 Å². The highest BCUT2D eigenvalue weighted by Crippen LogP contribution is 2.37. The summed E-state index contributed by atoms with van der Waals surface area (Å²) >= 11 is 0. The van der Waals surface area contributed by atoms with Gasteiger partial charge in [0.25, 0.3) is 0 Å². The number of likely N-dealkylation sites (tertiary alicyclic amines) is 1. The van der Waals surface area contributed by atoms with E-state index in [-0.39, 0.29) is 11.3 Å². The molecule has 2 N–H and O–H groups in total. The lowest BCUT2D eigenvalue weighted by Crippen LogP contribution is -2.46. The van der Waals surface area contributed by atoms with E-state index in [2.05, 4.69) is 18.0 Å². The summed E-state index contributed by atoms with van der Waals surface area (Å²) in [5.41, 5.74) is 6.94. The monoisotopic (exact) mass is 222 g/mol. The van der Waals surface area contributed by atoms with Gasteiger partial charge in [0.1, 0.15) is 0 Å². The van der Waals surface area contributed by atoms with Crippen LogP contribution in [0.3, 0.4) is 0 Å². The molecule has 0 spiro atoms. The van der Waals surface area contributed by atoms with Crippen molar-refractivity contribution in [2.75, 3.05) is 20.1 Å². The maximum atomic E-state index is 11.7. The van der Waals surface area contributed by atoms with Gasteiger partial charge < -0.3 is 10.6 Å². The van der Waals surface area contributed by atoms with Crippen LogP contribution in [0, 0.1) is 5.41 Å². The Morgan fingerprint density at radius 3 is 2.56 bits per heavy atom. The van der Waals surface area contributed by atoms with E-state index < -0.39 is 0 Å². The van der Waals surface area contributed by atoms with Crippen LogP contribution in [0.4, 0.5) is 0 Å². The molecular formula is C13H22N2O. The van der Waals surface area contributed by atoms with Gasteiger partial charge in [0, 0.05) is 0 Å². The molecule has 1 aliphatic carbocycles. The molecule has 0 aromatic heterocycles. The molecule has 0 atom stereocenters. The molecule has 1 saturated heterocycles. The molecule has 3 heteroatoms. The second-order valence-electron chi connectivity index (χ2n) is 5.35. The maximum Gasteiger partial charge on any atom is 0.223 e. The fourth-order valence-corrected chi connectivity index (χ4v) is 2.50. The molecule has 1 heterocycles. The molecule has 0 radical (unpaired) electrons. The van der Waals surface area contributed by atoms with E-state index in [1.54, 1.807) is 5.57 Å². The normalized spacial score (nSPS) is 24.2. The Hall–Kier alpha value is -0.830. The van der Waals surface area contributed by atoms with Crippen molar-refractivity contribution in [2.45, 2.75) is 38.5 Å². The Balaban J connectivity index is 1.92. The van der Waals surface area contributed by atoms with Gasteiger partial charge in [0.15, 0.2) is 0 Å². The van der Waals surface area contributed by atoms with Crippen molar-refractivity contribution < 1.29 is 4.79 Å². The fourth-order valence-electron chi connectivity index (χ4n) is 2.50. The third-order valence-corrected chi connectivity index (χ3v) is 4.06. The van der Waals surface area contributed by atoms with Gasteiger partial charge in [-0.2, -0.15) is 0 Å². The van der Waals surface area contributed by atoms with Crippen LogP contribution in [-0.2, 0) is 4.79 Å². The van der Waals surface area contributed by atoms with Crippen LogP contribution in [-0.4, -0.2) is 30.9 Å². The molecule has 16 heavy (non-hydrogen) atoms. The number of carbonyl (C=O) groups excluding carboxylic acids is 1. The molecule has 0 bridgehead atoms. The van der Waals surface area contributed by atoms with Crippen LogP contribution in [0.2, 0.25) is 0 Å². The number of nitrogens with zero attached hydrogens (tertiary/aromatic N) is 1. The largest absolute Gasteiger partial charge is 0.369 e. The van der Waals surface area contributed by atoms with E-state index in [9.17, 15) is 4.79 Å². The van der Waals surface area contributed by atoms with Crippen molar-refractivity contribution in [1.29, 1.82) is 0 Å². The average molecular weight is 222 g/mol. The molecule has 2 fully saturated rings. The third-order valence-electron chi connectivity index (χ3n) is 4.06. The van der Waals surface area contributed by atoms with Gasteiger partial charge in [0.05, 0.1) is 5.41 Å². The summed E-state index contributed by atoms with van der Waals surface area (Å²) in [6, 6.07) is 0. The van der Waals surface area contributed by atoms with Gasteiger partial charge in [-0.1, -0.05) is 11.6 Å². The second kappa shape index (κ2) is 4.58. The highest BCUT2D eigenvalue weighted by Gasteiger charge is 2.38. The quantitative estimate of drug-likeness (QED) is 0.736. The van der Waals surface area contributed by atoms with E-state index in [0.717, 1.165) is 38.8 Å². The number of rotatable bonds is 4. The Labute approximate surface area is 97.7 Å². The van der Waals surface area contributed by atoms with Crippen LogP contribution in [0.5, 0.6) is 0 Å². The summed E-state index contributed by atoms with van der Waals surface area (Å²) in [4.78, 5) is 13.9. The van der Waals surface area contributed by atoms with Gasteiger partial charge in [-0.25, -0.2) is 0 Å². The van der Waals surface area contributed by atoms with Gasteiger partial charge in [-0.15, -0.1) is 0 Å². The Kier molecular flexibility index (Phi) is 3.33. The predicted molar refractivity (Wildman–Crippen MR) is 64.9 cm³/mol. The number of allylic oxidation sites excluding steroid dienone is 2. The van der Waals surface area contributed by atoms with E-state index in [1.807, 2.05) is 0 Å². The highest BCUT2D eigenvalue weighted by molar-refractivity contribution is 5.81. The summed E-state index contributed by atoms with van der Waals surface area (Å²) in [6.07, 6.45) is 8.69. The van der Waals surface area contributed by atoms with Gasteiger partial charge >= 0.3 is 0 Å². The summed E-state index contributed by atoms with van der Waals surface area (Å²) < 4.78 is 0. The zero-order valence-corrected chi connectivity index (χ0v) is 10.2. The number of carbonyl (C=O) groups is 1. The van der Waals surface area contributed by atoms with Crippen molar-refractivity contribution in [2.24, 2.45) is 11.1 Å². The summed E-state index contributed by atoms with van der Waals surface area (Å²) in [5.74, 6) is -0.0882. The number of piperidine rings is 1. The lowest BCUT2D eigenvalue weighted by molar-refractivity contribution is -0.130. The smallest absolute Gasteiger partial charge is 0.223 e. The number of amides is 1. The zero-order valence-electron chi connectivity index (χ0n) is 10.2. The number of hydrogen-bond acceptors (Lipinski definition) is 2. The van der Waals surface area contributed by atoms with Gasteiger partial charge in [0.2, 0.25) is 5.91 Å². The third kappa shape index (κ3) is 2.64. The number of primary amides is 1. The van der Waals surface area contributed by atoms with Gasteiger partial charge in [-0.3, -0.25) is 4.79 Å². The van der Waals surface area contributed by atoms with Crippen LogP contribution in [0.15, 0.2) is 11.6 Å². The molecule has 2 rings (SSSR count). The van der Waals surface area contributed by atoms with Crippen molar-refractivity contribution in [3.8, 4) is 0 Å². The lowest BCUT2D eigenvalue weighted by atomic mass is 9.74. The molecule has 2 aliphatic rings. The van der Waals surface area contributed by atoms with E-state index in [0.29, 0.717) is 0 Å². The van der Waals surface area contributed by atoms with E-state index in [1.165, 1.54) is 12.8 Å². The van der Waals surface area contributed by atoms with Crippen molar-refractivity contribution >= 4 is 5.91 Å². The highest BCUT2D eigenvalue weighted by atomic mass is 16.1. The summed E-state index contributed by atoms with van der Waals surface area (Å²) in [7, 11) is 2.11. The standard InChI is InChI=1S/C13H22N2O/c1-15-9-7-13(8-10-15,12(14)16)6-2-3-11-4-5-11/h3H,2,4-10H2,1H3,(H2,14,16). The molecule has 0 aromatic rings. The SMILES string of the molecule is CN1CCC(CCC=C2CC2)(C(N)=O)CC1. The minimum absolute atomic E-state index is 0.0882. The average Bonchev–Trinajstić information content (AvgIpc) is 3.05. The summed E-state index contributed by atoms with van der Waals surface area (Å²) in [5, 5.41) is 0. The minimum atomic E-state index is -0.224. The maximum absolute atomic E-state index is 11.7. The molecule has 1 saturated carbocycles. The molecule has 90 valence electrons. The van der Waals surface area contributed by atoms with Crippen molar-refractivity contribution in [1.82, 2.24) is 4.90 Å². The topological polar surface area (TPSA) is 46.3 Å². The van der Waals surface area contributed by atoms with E-state index in [4.69, 9.17) is 5.73 Å². The molecule has 0 aromatic carbocycles. The van der Waals surface area contributed by atoms with Crippen LogP contribution in [0.1, 0.15) is 38.5 Å². The first-order valence-corrected chi connectivity index (χ1v) is 6.29. The van der Waals surface area contributed by atoms with Gasteiger partial charge in [-0.05, 0) is 58.7 Å². The molecule has 1 aliphatic heterocycles. The molecular weight excluding hydrogens is 200 g/mol. The number of nitrogens with two attached hydrogens (primary N) is 1. The molecule has 1 amide bonds. The lowest BCUT2D eigenvalue weighted by Gasteiger charge is -2.38. The molecule has 3 nitrogen and oxygen atoms in total. The second-order valence-corrected chi connectivity index (χ2v) is 5.35. The minimum Gasteiger partial charge on any atom is -0.369 e. The fraction of sp³-hybridized carbons (Fsp3) is 0.769. The first-order chi connectivity index (χ1) is 7.62. The predicted octanol–water partition coefficient (Wildman–Crippen LogP) is 1.68. The Bertz CT molecular complexity index is 295. The van der Waals surface area contributed by atoms with Crippen LogP contribution < -0.4 is 5.73 Å². The zero-order chi connectivity index (χ0) is 11.6. The number of hydrogen-bond donors (Lipinski definition) is 1.